The third-order valence-electron chi connectivity index (χ3n) is 3.65. The predicted molar refractivity (Wildman–Crippen MR) is 84.0 cm³/mol. The minimum Gasteiger partial charge on any atom is -0.348 e. The Morgan fingerprint density at radius 1 is 1.17 bits per heavy atom. The fourth-order valence-corrected chi connectivity index (χ4v) is 4.57. The van der Waals surface area contributed by atoms with E-state index in [1.54, 1.807) is 6.20 Å². The number of aromatic nitrogens is 1. The monoisotopic (exact) mass is 359 g/mol. The molecule has 0 atom stereocenters. The van der Waals surface area contributed by atoms with Gasteiger partial charge in [-0.25, -0.2) is 26.9 Å². The quantitative estimate of drug-likeness (QED) is 0.910. The Labute approximate surface area is 137 Å². The first-order valence-electron chi connectivity index (χ1n) is 7.07. The average Bonchev–Trinajstić information content (AvgIpc) is 3.01. The second-order valence-electron chi connectivity index (χ2n) is 5.30. The summed E-state index contributed by atoms with van der Waals surface area (Å²) in [5, 5.41) is 2.81. The Kier molecular flexibility index (Phi) is 4.60. The van der Waals surface area contributed by atoms with Crippen LogP contribution < -0.4 is 9.62 Å². The second-order valence-corrected chi connectivity index (χ2v) is 7.89. The summed E-state index contributed by atoms with van der Waals surface area (Å²) in [6.45, 7) is 1.36. The number of anilines is 1. The van der Waals surface area contributed by atoms with E-state index in [4.69, 9.17) is 0 Å². The summed E-state index contributed by atoms with van der Waals surface area (Å²) in [4.78, 5) is 5.93. The average molecular weight is 359 g/mol. The van der Waals surface area contributed by atoms with Crippen molar-refractivity contribution in [1.82, 2.24) is 9.71 Å². The van der Waals surface area contributed by atoms with Crippen molar-refractivity contribution in [2.24, 2.45) is 0 Å². The molecular weight excluding hydrogens is 344 g/mol. The number of nitrogens with zero attached hydrogens (tertiary/aromatic N) is 2. The number of hydrogen-bond donors (Lipinski definition) is 1. The third kappa shape index (κ3) is 3.85. The lowest BCUT2D eigenvalue weighted by atomic mass is 10.1. The van der Waals surface area contributed by atoms with E-state index in [-0.39, 0.29) is 6.04 Å². The third-order valence-corrected chi connectivity index (χ3v) is 5.99. The fourth-order valence-electron chi connectivity index (χ4n) is 2.53. The minimum absolute atomic E-state index is 0.262. The summed E-state index contributed by atoms with van der Waals surface area (Å²) in [6.07, 6.45) is 2.94. The molecule has 0 radical (unpaired) electrons. The van der Waals surface area contributed by atoms with Crippen LogP contribution in [-0.2, 0) is 10.0 Å². The van der Waals surface area contributed by atoms with Crippen LogP contribution in [0.15, 0.2) is 34.7 Å². The van der Waals surface area contributed by atoms with Gasteiger partial charge in [-0.3, -0.25) is 0 Å². The molecule has 2 aromatic rings. The van der Waals surface area contributed by atoms with Gasteiger partial charge in [-0.1, -0.05) is 0 Å². The fraction of sp³-hybridized carbons (Fsp3) is 0.357. The summed E-state index contributed by atoms with van der Waals surface area (Å²) in [5.74, 6) is -1.83. The van der Waals surface area contributed by atoms with Gasteiger partial charge in [0.2, 0.25) is 10.0 Å². The van der Waals surface area contributed by atoms with Crippen molar-refractivity contribution in [3.63, 3.8) is 0 Å². The van der Waals surface area contributed by atoms with Gasteiger partial charge in [0.1, 0.15) is 11.6 Å². The molecule has 1 aliphatic heterocycles. The molecule has 0 saturated carbocycles. The van der Waals surface area contributed by atoms with Crippen molar-refractivity contribution in [3.05, 3.63) is 41.4 Å². The Hall–Kier alpha value is -1.58. The molecule has 124 valence electrons. The van der Waals surface area contributed by atoms with E-state index in [9.17, 15) is 17.2 Å². The SMILES string of the molecule is O=S(=O)(NC1CCN(c2nccs2)CC1)c1cc(F)cc(F)c1. The summed E-state index contributed by atoms with van der Waals surface area (Å²) < 4.78 is 53.4. The molecule has 1 N–H and O–H groups in total. The molecule has 23 heavy (non-hydrogen) atoms. The molecule has 0 spiro atoms. The number of benzene rings is 1. The van der Waals surface area contributed by atoms with E-state index < -0.39 is 26.6 Å². The molecule has 0 bridgehead atoms. The first-order chi connectivity index (χ1) is 10.9. The Balaban J connectivity index is 1.65. The van der Waals surface area contributed by atoms with Crippen molar-refractivity contribution >= 4 is 26.5 Å². The number of thiazole rings is 1. The van der Waals surface area contributed by atoms with Crippen LogP contribution in [0.2, 0.25) is 0 Å². The van der Waals surface area contributed by atoms with Crippen molar-refractivity contribution < 1.29 is 17.2 Å². The van der Waals surface area contributed by atoms with Crippen LogP contribution in [0.5, 0.6) is 0 Å². The molecule has 1 saturated heterocycles. The smallest absolute Gasteiger partial charge is 0.241 e. The number of hydrogen-bond acceptors (Lipinski definition) is 5. The van der Waals surface area contributed by atoms with Crippen LogP contribution in [0.1, 0.15) is 12.8 Å². The number of rotatable bonds is 4. The lowest BCUT2D eigenvalue weighted by molar-refractivity contribution is 0.459. The molecule has 5 nitrogen and oxygen atoms in total. The zero-order valence-corrected chi connectivity index (χ0v) is 13.7. The topological polar surface area (TPSA) is 62.3 Å². The summed E-state index contributed by atoms with van der Waals surface area (Å²) >= 11 is 1.54. The largest absolute Gasteiger partial charge is 0.348 e. The van der Waals surface area contributed by atoms with Crippen LogP contribution in [-0.4, -0.2) is 32.5 Å². The number of sulfonamides is 1. The maximum Gasteiger partial charge on any atom is 0.241 e. The van der Waals surface area contributed by atoms with Gasteiger partial charge in [0.05, 0.1) is 4.90 Å². The maximum absolute atomic E-state index is 13.2. The zero-order valence-electron chi connectivity index (χ0n) is 12.1. The molecule has 3 rings (SSSR count). The lowest BCUT2D eigenvalue weighted by Crippen LogP contribution is -2.44. The van der Waals surface area contributed by atoms with E-state index in [0.29, 0.717) is 32.0 Å². The molecule has 0 unspecified atom stereocenters. The highest BCUT2D eigenvalue weighted by molar-refractivity contribution is 7.89. The highest BCUT2D eigenvalue weighted by atomic mass is 32.2. The molecule has 2 heterocycles. The molecule has 1 aromatic heterocycles. The van der Waals surface area contributed by atoms with E-state index in [0.717, 1.165) is 17.3 Å². The van der Waals surface area contributed by atoms with Gasteiger partial charge in [-0.15, -0.1) is 11.3 Å². The maximum atomic E-state index is 13.2. The number of piperidine rings is 1. The minimum atomic E-state index is -3.94. The number of nitrogens with one attached hydrogen (secondary N) is 1. The highest BCUT2D eigenvalue weighted by Gasteiger charge is 2.26. The summed E-state index contributed by atoms with van der Waals surface area (Å²) in [5.41, 5.74) is 0. The lowest BCUT2D eigenvalue weighted by Gasteiger charge is -2.31. The zero-order chi connectivity index (χ0) is 16.4. The van der Waals surface area contributed by atoms with Gasteiger partial charge < -0.3 is 4.90 Å². The molecule has 0 aliphatic carbocycles. The second kappa shape index (κ2) is 6.50. The number of halogens is 2. The van der Waals surface area contributed by atoms with Gasteiger partial charge in [-0.2, -0.15) is 0 Å². The normalized spacial score (nSPS) is 16.7. The van der Waals surface area contributed by atoms with Gasteiger partial charge in [0.15, 0.2) is 5.13 Å². The van der Waals surface area contributed by atoms with Crippen molar-refractivity contribution in [3.8, 4) is 0 Å². The van der Waals surface area contributed by atoms with E-state index in [1.807, 2.05) is 5.38 Å². The first-order valence-corrected chi connectivity index (χ1v) is 9.43. The Bertz CT molecular complexity index is 753. The molecule has 1 aromatic carbocycles. The molecule has 1 fully saturated rings. The molecular formula is C14H15F2N3O2S2. The van der Waals surface area contributed by atoms with Gasteiger partial charge in [-0.05, 0) is 25.0 Å². The van der Waals surface area contributed by atoms with Crippen molar-refractivity contribution in [2.75, 3.05) is 18.0 Å². The van der Waals surface area contributed by atoms with Gasteiger partial charge >= 0.3 is 0 Å². The Morgan fingerprint density at radius 3 is 2.39 bits per heavy atom. The molecule has 1 aliphatic rings. The predicted octanol–water partition coefficient (Wildman–Crippen LogP) is 2.37. The standard InChI is InChI=1S/C14H15F2N3O2S2/c15-10-7-11(16)9-13(8-10)23(20,21)18-12-1-4-19(5-2-12)14-17-3-6-22-14/h3,6-9,12,18H,1-2,4-5H2. The molecule has 0 amide bonds. The Morgan fingerprint density at radius 2 is 1.83 bits per heavy atom. The van der Waals surface area contributed by atoms with Crippen LogP contribution in [0, 0.1) is 11.6 Å². The van der Waals surface area contributed by atoms with Crippen molar-refractivity contribution in [2.45, 2.75) is 23.8 Å². The van der Waals surface area contributed by atoms with Crippen LogP contribution >= 0.6 is 11.3 Å². The van der Waals surface area contributed by atoms with Crippen LogP contribution in [0.25, 0.3) is 0 Å². The first kappa shape index (κ1) is 16.3. The van der Waals surface area contributed by atoms with Gasteiger partial charge in [0, 0.05) is 36.8 Å². The van der Waals surface area contributed by atoms with Crippen LogP contribution in [0.4, 0.5) is 13.9 Å². The van der Waals surface area contributed by atoms with Crippen molar-refractivity contribution in [1.29, 1.82) is 0 Å². The summed E-state index contributed by atoms with van der Waals surface area (Å²) in [7, 11) is -3.94. The van der Waals surface area contributed by atoms with Gasteiger partial charge in [0.25, 0.3) is 0 Å². The van der Waals surface area contributed by atoms with E-state index in [1.165, 1.54) is 11.3 Å². The van der Waals surface area contributed by atoms with Crippen LogP contribution in [0.3, 0.4) is 0 Å². The summed E-state index contributed by atoms with van der Waals surface area (Å²) in [6, 6.07) is 2.01. The van der Waals surface area contributed by atoms with E-state index in [2.05, 4.69) is 14.6 Å². The van der Waals surface area contributed by atoms with E-state index >= 15 is 0 Å². The molecule has 9 heteroatoms. The highest BCUT2D eigenvalue weighted by Crippen LogP contribution is 2.23.